The zero-order chi connectivity index (χ0) is 20.3. The molecule has 0 spiro atoms. The third-order valence-electron chi connectivity index (χ3n) is 4.68. The normalized spacial score (nSPS) is 10.8. The number of rotatable bonds is 6. The van der Waals surface area contributed by atoms with Crippen molar-refractivity contribution in [1.82, 2.24) is 14.5 Å². The van der Waals surface area contributed by atoms with Gasteiger partial charge in [0.05, 0.1) is 17.2 Å². The van der Waals surface area contributed by atoms with Gasteiger partial charge in [-0.3, -0.25) is 19.0 Å². The Morgan fingerprint density at radius 2 is 1.93 bits per heavy atom. The predicted octanol–water partition coefficient (Wildman–Crippen LogP) is 1.85. The minimum atomic E-state index is -0.505. The smallest absolute Gasteiger partial charge is 0.261 e. The van der Waals surface area contributed by atoms with E-state index in [4.69, 9.17) is 5.73 Å². The molecule has 0 aliphatic rings. The van der Waals surface area contributed by atoms with Crippen LogP contribution in [0.15, 0.2) is 53.6 Å². The molecule has 0 bridgehead atoms. The van der Waals surface area contributed by atoms with Gasteiger partial charge in [0, 0.05) is 32.1 Å². The molecule has 3 aromatic rings. The van der Waals surface area contributed by atoms with Crippen LogP contribution in [0.1, 0.15) is 27.9 Å². The Balaban J connectivity index is 1.68. The summed E-state index contributed by atoms with van der Waals surface area (Å²) in [5.74, 6) is -0.616. The van der Waals surface area contributed by atoms with Crippen molar-refractivity contribution in [1.29, 1.82) is 0 Å². The van der Waals surface area contributed by atoms with Gasteiger partial charge in [-0.15, -0.1) is 0 Å². The summed E-state index contributed by atoms with van der Waals surface area (Å²) in [4.78, 5) is 42.3. The number of carbonyl (C=O) groups excluding carboxylic acids is 2. The van der Waals surface area contributed by atoms with Gasteiger partial charge in [0.2, 0.25) is 11.8 Å². The number of amides is 2. The van der Waals surface area contributed by atoms with Crippen LogP contribution in [-0.2, 0) is 17.9 Å². The third-order valence-corrected chi connectivity index (χ3v) is 4.68. The van der Waals surface area contributed by atoms with E-state index in [1.54, 1.807) is 36.2 Å². The Kier molecular flexibility index (Phi) is 5.54. The van der Waals surface area contributed by atoms with Crippen LogP contribution in [0.25, 0.3) is 10.9 Å². The van der Waals surface area contributed by atoms with Crippen LogP contribution in [0.5, 0.6) is 0 Å². The summed E-state index contributed by atoms with van der Waals surface area (Å²) in [6, 6.07) is 12.3. The second-order valence-electron chi connectivity index (χ2n) is 6.78. The van der Waals surface area contributed by atoms with Crippen molar-refractivity contribution < 1.29 is 9.59 Å². The third kappa shape index (κ3) is 4.09. The molecule has 0 atom stereocenters. The van der Waals surface area contributed by atoms with Crippen LogP contribution >= 0.6 is 0 Å². The van der Waals surface area contributed by atoms with E-state index in [-0.39, 0.29) is 24.4 Å². The first kappa shape index (κ1) is 19.3. The number of hydrogen-bond acceptors (Lipinski definition) is 4. The lowest BCUT2D eigenvalue weighted by molar-refractivity contribution is -0.130. The van der Waals surface area contributed by atoms with Crippen LogP contribution in [0.2, 0.25) is 0 Å². The molecule has 28 heavy (non-hydrogen) atoms. The lowest BCUT2D eigenvalue weighted by atomic mass is 10.1. The van der Waals surface area contributed by atoms with E-state index in [9.17, 15) is 14.4 Å². The molecule has 2 N–H and O–H groups in total. The summed E-state index contributed by atoms with van der Waals surface area (Å²) in [7, 11) is 1.68. The molecule has 2 aromatic carbocycles. The molecule has 7 nitrogen and oxygen atoms in total. The summed E-state index contributed by atoms with van der Waals surface area (Å²) < 4.78 is 1.46. The van der Waals surface area contributed by atoms with Crippen molar-refractivity contribution in [3.63, 3.8) is 0 Å². The van der Waals surface area contributed by atoms with Gasteiger partial charge in [-0.25, -0.2) is 4.98 Å². The van der Waals surface area contributed by atoms with Gasteiger partial charge in [0.25, 0.3) is 5.56 Å². The van der Waals surface area contributed by atoms with Gasteiger partial charge in [0.1, 0.15) is 0 Å². The summed E-state index contributed by atoms with van der Waals surface area (Å²) in [5.41, 5.74) is 7.98. The van der Waals surface area contributed by atoms with Gasteiger partial charge >= 0.3 is 0 Å². The fourth-order valence-corrected chi connectivity index (χ4v) is 3.09. The van der Waals surface area contributed by atoms with Crippen molar-refractivity contribution in [3.8, 4) is 0 Å². The zero-order valence-corrected chi connectivity index (χ0v) is 15.9. The van der Waals surface area contributed by atoms with Crippen molar-refractivity contribution in [2.75, 3.05) is 7.05 Å². The standard InChI is InChI=1S/C21H22N4O3/c1-14-5-3-8-17-19(14)23-13-25(21(17)28)10-9-18(26)24(2)12-15-6-4-7-16(11-15)20(22)27/h3-8,11,13H,9-10,12H2,1-2H3,(H2,22,27). The van der Waals surface area contributed by atoms with Gasteiger partial charge in [-0.05, 0) is 36.2 Å². The average Bonchev–Trinajstić information content (AvgIpc) is 2.68. The van der Waals surface area contributed by atoms with Crippen molar-refractivity contribution in [2.45, 2.75) is 26.4 Å². The molecule has 0 radical (unpaired) electrons. The highest BCUT2D eigenvalue weighted by atomic mass is 16.2. The average molecular weight is 378 g/mol. The quantitative estimate of drug-likeness (QED) is 0.708. The molecular weight excluding hydrogens is 356 g/mol. The van der Waals surface area contributed by atoms with E-state index in [2.05, 4.69) is 4.98 Å². The predicted molar refractivity (Wildman–Crippen MR) is 107 cm³/mol. The number of fused-ring (bicyclic) bond motifs is 1. The second kappa shape index (κ2) is 8.04. The van der Waals surface area contributed by atoms with Crippen LogP contribution in [-0.4, -0.2) is 33.3 Å². The fourth-order valence-electron chi connectivity index (χ4n) is 3.09. The van der Waals surface area contributed by atoms with Gasteiger partial charge in [-0.2, -0.15) is 0 Å². The Morgan fingerprint density at radius 1 is 1.18 bits per heavy atom. The van der Waals surface area contributed by atoms with E-state index in [0.717, 1.165) is 11.1 Å². The highest BCUT2D eigenvalue weighted by Crippen LogP contribution is 2.12. The number of hydrogen-bond donors (Lipinski definition) is 1. The molecule has 0 aliphatic carbocycles. The Labute approximate surface area is 162 Å². The molecular formula is C21H22N4O3. The maximum Gasteiger partial charge on any atom is 0.261 e. The largest absolute Gasteiger partial charge is 0.366 e. The van der Waals surface area contributed by atoms with E-state index in [1.807, 2.05) is 25.1 Å². The first-order valence-corrected chi connectivity index (χ1v) is 8.94. The first-order valence-electron chi connectivity index (χ1n) is 8.94. The number of para-hydroxylation sites is 1. The zero-order valence-electron chi connectivity index (χ0n) is 15.9. The molecule has 0 unspecified atom stereocenters. The first-order chi connectivity index (χ1) is 13.4. The van der Waals surface area contributed by atoms with Crippen LogP contribution in [0, 0.1) is 6.92 Å². The molecule has 0 saturated carbocycles. The summed E-state index contributed by atoms with van der Waals surface area (Å²) in [6.45, 7) is 2.51. The molecule has 7 heteroatoms. The summed E-state index contributed by atoms with van der Waals surface area (Å²) in [5, 5.41) is 0.548. The number of nitrogens with zero attached hydrogens (tertiary/aromatic N) is 3. The molecule has 0 fully saturated rings. The van der Waals surface area contributed by atoms with Crippen LogP contribution < -0.4 is 11.3 Å². The van der Waals surface area contributed by atoms with Gasteiger partial charge < -0.3 is 10.6 Å². The minimum Gasteiger partial charge on any atom is -0.366 e. The maximum absolute atomic E-state index is 12.6. The monoisotopic (exact) mass is 378 g/mol. The number of aryl methyl sites for hydroxylation is 2. The Bertz CT molecular complexity index is 1100. The maximum atomic E-state index is 12.6. The lowest BCUT2D eigenvalue weighted by Crippen LogP contribution is -2.29. The van der Waals surface area contributed by atoms with E-state index in [0.29, 0.717) is 23.0 Å². The fraction of sp³-hybridized carbons (Fsp3) is 0.238. The number of primary amides is 1. The summed E-state index contributed by atoms with van der Waals surface area (Å²) >= 11 is 0. The molecule has 1 heterocycles. The number of benzene rings is 2. The molecule has 0 saturated heterocycles. The molecule has 0 aliphatic heterocycles. The lowest BCUT2D eigenvalue weighted by Gasteiger charge is -2.18. The van der Waals surface area contributed by atoms with Gasteiger partial charge in [-0.1, -0.05) is 24.3 Å². The molecule has 2 amide bonds. The second-order valence-corrected chi connectivity index (χ2v) is 6.78. The Hall–Kier alpha value is -3.48. The van der Waals surface area contributed by atoms with Crippen molar-refractivity contribution in [3.05, 3.63) is 75.8 Å². The van der Waals surface area contributed by atoms with E-state index >= 15 is 0 Å². The number of nitrogens with two attached hydrogens (primary N) is 1. The molecule has 144 valence electrons. The Morgan fingerprint density at radius 3 is 2.68 bits per heavy atom. The number of carbonyl (C=O) groups is 2. The minimum absolute atomic E-state index is 0.110. The molecule has 3 rings (SSSR count). The SMILES string of the molecule is Cc1cccc2c(=O)n(CCC(=O)N(C)Cc3cccc(C(N)=O)c3)cnc12. The topological polar surface area (TPSA) is 98.3 Å². The van der Waals surface area contributed by atoms with E-state index < -0.39 is 5.91 Å². The van der Waals surface area contributed by atoms with Crippen LogP contribution in [0.3, 0.4) is 0 Å². The molecule has 1 aromatic heterocycles. The highest BCUT2D eigenvalue weighted by Gasteiger charge is 2.12. The van der Waals surface area contributed by atoms with E-state index in [1.165, 1.54) is 10.9 Å². The van der Waals surface area contributed by atoms with Crippen molar-refractivity contribution >= 4 is 22.7 Å². The van der Waals surface area contributed by atoms with Crippen molar-refractivity contribution in [2.24, 2.45) is 5.73 Å². The highest BCUT2D eigenvalue weighted by molar-refractivity contribution is 5.92. The van der Waals surface area contributed by atoms with Gasteiger partial charge in [0.15, 0.2) is 0 Å². The summed E-state index contributed by atoms with van der Waals surface area (Å²) in [6.07, 6.45) is 1.66. The number of aromatic nitrogens is 2. The van der Waals surface area contributed by atoms with Crippen LogP contribution in [0.4, 0.5) is 0 Å².